The lowest BCUT2D eigenvalue weighted by atomic mass is 9.99. The van der Waals surface area contributed by atoms with Gasteiger partial charge in [0.05, 0.1) is 28.4 Å². The van der Waals surface area contributed by atoms with Crippen molar-refractivity contribution in [2.75, 3.05) is 6.61 Å². The van der Waals surface area contributed by atoms with Crippen LogP contribution in [0.5, 0.6) is 5.75 Å². The summed E-state index contributed by atoms with van der Waals surface area (Å²) in [5.74, 6) is 0.834. The van der Waals surface area contributed by atoms with Crippen molar-refractivity contribution in [2.24, 2.45) is 0 Å². The third kappa shape index (κ3) is 6.31. The lowest BCUT2D eigenvalue weighted by Crippen LogP contribution is -2.38. The molecule has 1 unspecified atom stereocenters. The van der Waals surface area contributed by atoms with E-state index in [0.717, 1.165) is 16.9 Å². The second kappa shape index (κ2) is 12.0. The molecule has 0 aliphatic carbocycles. The van der Waals surface area contributed by atoms with Gasteiger partial charge in [-0.3, -0.25) is 0 Å². The van der Waals surface area contributed by atoms with Crippen molar-refractivity contribution in [1.82, 2.24) is 4.72 Å². The molecular formula is C31H34NO2PS. The Balaban J connectivity index is 1.87. The smallest absolute Gasteiger partial charge is 0.119 e. The largest absolute Gasteiger partial charge is 0.494 e. The van der Waals surface area contributed by atoms with Gasteiger partial charge in [-0.2, -0.15) is 0 Å². The molecule has 3 nitrogen and oxygen atoms in total. The average Bonchev–Trinajstić information content (AvgIpc) is 2.89. The minimum Gasteiger partial charge on any atom is -0.494 e. The quantitative estimate of drug-likeness (QED) is 0.278. The maximum absolute atomic E-state index is 13.4. The highest BCUT2D eigenvalue weighted by Crippen LogP contribution is 2.37. The van der Waals surface area contributed by atoms with Gasteiger partial charge in [-0.25, -0.2) is 8.93 Å². The van der Waals surface area contributed by atoms with Gasteiger partial charge < -0.3 is 4.74 Å². The molecule has 4 rings (SSSR count). The van der Waals surface area contributed by atoms with Crippen LogP contribution in [0.1, 0.15) is 44.9 Å². The summed E-state index contributed by atoms with van der Waals surface area (Å²) < 4.78 is 22.2. The Kier molecular flexibility index (Phi) is 8.74. The van der Waals surface area contributed by atoms with E-state index in [1.807, 2.05) is 39.8 Å². The molecule has 4 aromatic carbocycles. The summed E-state index contributed by atoms with van der Waals surface area (Å²) in [7, 11) is -2.08. The van der Waals surface area contributed by atoms with Gasteiger partial charge in [0.25, 0.3) is 0 Å². The van der Waals surface area contributed by atoms with Crippen LogP contribution in [0.25, 0.3) is 0 Å². The molecule has 0 saturated carbocycles. The van der Waals surface area contributed by atoms with Gasteiger partial charge in [-0.15, -0.1) is 0 Å². The van der Waals surface area contributed by atoms with E-state index < -0.39 is 23.7 Å². The number of rotatable bonds is 9. The summed E-state index contributed by atoms with van der Waals surface area (Å²) in [5.41, 5.74) is 2.19. The standard InChI is InChI=1S/C31H34NO2PS/c1-5-34-25-22-20-24(21-23-25)30(32-36(33)31(2,3)4)28-18-12-13-19-29(28)35(26-14-8-6-9-15-26)27-16-10-7-11-17-27/h6-23,30,32H,5H2,1-4H3/t30-,36?/m0/s1. The fraction of sp³-hybridized carbons (Fsp3) is 0.226. The molecule has 0 spiro atoms. The Morgan fingerprint density at radius 1 is 0.778 bits per heavy atom. The monoisotopic (exact) mass is 515 g/mol. The molecule has 1 N–H and O–H groups in total. The number of nitrogens with one attached hydrogen (secondary N) is 1. The zero-order valence-corrected chi connectivity index (χ0v) is 23.1. The third-order valence-electron chi connectivity index (χ3n) is 5.82. The SMILES string of the molecule is CCOc1ccc([C@H](NS(=O)C(C)(C)C)c2ccccc2P(c2ccccc2)c2ccccc2)cc1. The van der Waals surface area contributed by atoms with Gasteiger partial charge >= 0.3 is 0 Å². The topological polar surface area (TPSA) is 38.3 Å². The van der Waals surface area contributed by atoms with Crippen LogP contribution in [0.2, 0.25) is 0 Å². The summed E-state index contributed by atoms with van der Waals surface area (Å²) in [4.78, 5) is 0. The van der Waals surface area contributed by atoms with Gasteiger partial charge in [0.2, 0.25) is 0 Å². The first-order valence-corrected chi connectivity index (χ1v) is 14.8. The van der Waals surface area contributed by atoms with Crippen molar-refractivity contribution in [1.29, 1.82) is 0 Å². The first-order chi connectivity index (χ1) is 17.4. The minimum atomic E-state index is -1.26. The van der Waals surface area contributed by atoms with Crippen LogP contribution in [-0.2, 0) is 11.0 Å². The number of hydrogen-bond donors (Lipinski definition) is 1. The molecule has 0 fully saturated rings. The van der Waals surface area contributed by atoms with E-state index in [9.17, 15) is 4.21 Å². The lowest BCUT2D eigenvalue weighted by Gasteiger charge is -2.29. The molecule has 5 heteroatoms. The molecule has 36 heavy (non-hydrogen) atoms. The normalized spacial score (nSPS) is 13.4. The van der Waals surface area contributed by atoms with Crippen molar-refractivity contribution in [3.05, 3.63) is 120 Å². The fourth-order valence-electron chi connectivity index (χ4n) is 4.03. The number of benzene rings is 4. The van der Waals surface area contributed by atoms with Crippen LogP contribution < -0.4 is 25.4 Å². The van der Waals surface area contributed by atoms with E-state index in [-0.39, 0.29) is 6.04 Å². The van der Waals surface area contributed by atoms with Gasteiger partial charge in [-0.1, -0.05) is 97.1 Å². The number of hydrogen-bond acceptors (Lipinski definition) is 2. The van der Waals surface area contributed by atoms with E-state index in [4.69, 9.17) is 4.74 Å². The van der Waals surface area contributed by atoms with Crippen LogP contribution in [-0.4, -0.2) is 15.6 Å². The average molecular weight is 516 g/mol. The second-order valence-corrected chi connectivity index (χ2v) is 13.7. The molecule has 0 aromatic heterocycles. The number of ether oxygens (including phenoxy) is 1. The Hall–Kier alpha value is -2.78. The molecule has 0 amide bonds. The molecule has 0 bridgehead atoms. The molecule has 4 aromatic rings. The summed E-state index contributed by atoms with van der Waals surface area (Å²) in [6, 6.07) is 37.9. The molecule has 0 aliphatic rings. The Morgan fingerprint density at radius 2 is 1.31 bits per heavy atom. The minimum absolute atomic E-state index is 0.241. The summed E-state index contributed by atoms with van der Waals surface area (Å²) >= 11 is 0. The van der Waals surface area contributed by atoms with Crippen LogP contribution >= 0.6 is 7.92 Å². The zero-order chi connectivity index (χ0) is 25.5. The first-order valence-electron chi connectivity index (χ1n) is 12.3. The van der Waals surface area contributed by atoms with E-state index in [1.165, 1.54) is 15.9 Å². The fourth-order valence-corrected chi connectivity index (χ4v) is 7.36. The molecule has 2 atom stereocenters. The molecule has 0 saturated heterocycles. The summed E-state index contributed by atoms with van der Waals surface area (Å²) in [5, 5.41) is 3.82. The molecule has 0 aliphatic heterocycles. The van der Waals surface area contributed by atoms with Gasteiger partial charge in [0, 0.05) is 0 Å². The second-order valence-electron chi connectivity index (χ2n) is 9.50. The maximum Gasteiger partial charge on any atom is 0.119 e. The summed E-state index contributed by atoms with van der Waals surface area (Å²) in [6.45, 7) is 8.60. The summed E-state index contributed by atoms with van der Waals surface area (Å²) in [6.07, 6.45) is 0. The molecule has 186 valence electrons. The highest BCUT2D eigenvalue weighted by molar-refractivity contribution is 7.84. The van der Waals surface area contributed by atoms with E-state index in [2.05, 4.69) is 102 Å². The Morgan fingerprint density at radius 3 is 1.83 bits per heavy atom. The predicted octanol–water partition coefficient (Wildman–Crippen LogP) is 5.98. The van der Waals surface area contributed by atoms with Crippen molar-refractivity contribution in [2.45, 2.75) is 38.5 Å². The van der Waals surface area contributed by atoms with E-state index >= 15 is 0 Å². The van der Waals surface area contributed by atoms with Crippen molar-refractivity contribution in [3.63, 3.8) is 0 Å². The zero-order valence-electron chi connectivity index (χ0n) is 21.3. The predicted molar refractivity (Wildman–Crippen MR) is 156 cm³/mol. The van der Waals surface area contributed by atoms with Crippen LogP contribution in [0.4, 0.5) is 0 Å². The van der Waals surface area contributed by atoms with Crippen molar-refractivity contribution in [3.8, 4) is 5.75 Å². The lowest BCUT2D eigenvalue weighted by molar-refractivity contribution is 0.340. The molecule has 0 heterocycles. The maximum atomic E-state index is 13.4. The van der Waals surface area contributed by atoms with Gasteiger partial charge in [0.15, 0.2) is 0 Å². The molecule has 0 radical (unpaired) electrons. The van der Waals surface area contributed by atoms with E-state index in [0.29, 0.717) is 6.61 Å². The van der Waals surface area contributed by atoms with Crippen molar-refractivity contribution < 1.29 is 8.95 Å². The van der Waals surface area contributed by atoms with Crippen LogP contribution in [0.3, 0.4) is 0 Å². The third-order valence-corrected chi connectivity index (χ3v) is 9.90. The Bertz CT molecular complexity index is 1230. The van der Waals surface area contributed by atoms with Crippen LogP contribution in [0.15, 0.2) is 109 Å². The van der Waals surface area contributed by atoms with Gasteiger partial charge in [0.1, 0.15) is 5.75 Å². The highest BCUT2D eigenvalue weighted by atomic mass is 32.2. The molecular weight excluding hydrogens is 481 g/mol. The van der Waals surface area contributed by atoms with Gasteiger partial charge in [-0.05, 0) is 74.8 Å². The highest BCUT2D eigenvalue weighted by Gasteiger charge is 2.28. The van der Waals surface area contributed by atoms with Crippen LogP contribution in [0, 0.1) is 0 Å². The van der Waals surface area contributed by atoms with E-state index in [1.54, 1.807) is 0 Å². The van der Waals surface area contributed by atoms with Crippen molar-refractivity contribution >= 4 is 34.8 Å². The Labute approximate surface area is 219 Å². The first kappa shape index (κ1) is 26.3.